The zero-order valence-electron chi connectivity index (χ0n) is 16.9. The minimum Gasteiger partial charge on any atom is -0.491 e. The quantitative estimate of drug-likeness (QED) is 0.734. The molecule has 1 aliphatic carbocycles. The molecule has 160 valence electrons. The number of ketones is 1. The van der Waals surface area contributed by atoms with Gasteiger partial charge in [-0.2, -0.15) is 0 Å². The maximum atomic E-state index is 13.1. The Labute approximate surface area is 175 Å². The van der Waals surface area contributed by atoms with Gasteiger partial charge in [0.15, 0.2) is 5.78 Å². The van der Waals surface area contributed by atoms with Crippen LogP contribution in [0.1, 0.15) is 34.3 Å². The summed E-state index contributed by atoms with van der Waals surface area (Å²) in [6.07, 6.45) is 2.13. The largest absolute Gasteiger partial charge is 0.491 e. The molecular formula is C24H27F2NO3. The summed E-state index contributed by atoms with van der Waals surface area (Å²) in [5.74, 6) is 0.334. The number of ether oxygens (including phenoxy) is 1. The number of hydrogen-bond acceptors (Lipinski definition) is 4. The van der Waals surface area contributed by atoms with Crippen LogP contribution in [0.5, 0.6) is 5.75 Å². The van der Waals surface area contributed by atoms with E-state index in [1.54, 1.807) is 12.1 Å². The van der Waals surface area contributed by atoms with Gasteiger partial charge in [0.2, 0.25) is 0 Å². The zero-order chi connectivity index (χ0) is 21.1. The van der Waals surface area contributed by atoms with E-state index in [2.05, 4.69) is 4.90 Å². The number of likely N-dealkylation sites (tertiary alicyclic amines) is 1. The average Bonchev–Trinajstić information content (AvgIpc) is 2.77. The molecule has 1 heterocycles. The number of piperidine rings is 1. The van der Waals surface area contributed by atoms with Gasteiger partial charge in [-0.1, -0.05) is 12.1 Å². The van der Waals surface area contributed by atoms with E-state index < -0.39 is 12.8 Å². The highest BCUT2D eigenvalue weighted by molar-refractivity contribution is 5.97. The van der Waals surface area contributed by atoms with E-state index in [1.807, 2.05) is 18.2 Å². The number of hydrogen-bond donors (Lipinski definition) is 1. The molecule has 0 unspecified atom stereocenters. The number of aliphatic hydroxyl groups excluding tert-OH is 1. The molecule has 2 aromatic rings. The van der Waals surface area contributed by atoms with Crippen molar-refractivity contribution < 1.29 is 23.4 Å². The van der Waals surface area contributed by atoms with Crippen molar-refractivity contribution in [2.45, 2.75) is 37.8 Å². The van der Waals surface area contributed by atoms with Crippen LogP contribution in [-0.2, 0) is 12.8 Å². The van der Waals surface area contributed by atoms with Gasteiger partial charge in [0, 0.05) is 23.9 Å². The highest BCUT2D eigenvalue weighted by Gasteiger charge is 2.36. The zero-order valence-corrected chi connectivity index (χ0v) is 16.9. The molecule has 1 fully saturated rings. The maximum absolute atomic E-state index is 13.1. The van der Waals surface area contributed by atoms with Gasteiger partial charge in [0.1, 0.15) is 24.8 Å². The van der Waals surface area contributed by atoms with Crippen LogP contribution in [-0.4, -0.2) is 54.3 Å². The normalized spacial score (nSPS) is 22.5. The lowest BCUT2D eigenvalue weighted by molar-refractivity contribution is 0.0234. The fraction of sp³-hybridized carbons (Fsp3) is 0.458. The molecule has 2 aliphatic rings. The molecular weight excluding hydrogens is 387 g/mol. The molecule has 0 spiro atoms. The van der Waals surface area contributed by atoms with E-state index in [9.17, 15) is 18.7 Å². The molecule has 0 radical (unpaired) electrons. The fourth-order valence-corrected chi connectivity index (χ4v) is 4.74. The number of carbonyl (C=O) groups is 1. The summed E-state index contributed by atoms with van der Waals surface area (Å²) < 4.78 is 31.3. The maximum Gasteiger partial charge on any atom is 0.166 e. The topological polar surface area (TPSA) is 49.8 Å². The Hall–Kier alpha value is -2.31. The lowest BCUT2D eigenvalue weighted by atomic mass is 9.82. The Bertz CT molecular complexity index is 879. The van der Waals surface area contributed by atoms with Crippen LogP contribution in [0.3, 0.4) is 0 Å². The van der Waals surface area contributed by atoms with Crippen molar-refractivity contribution in [3.8, 4) is 5.75 Å². The number of nitrogens with zero attached hydrogens (tertiary/aromatic N) is 1. The molecule has 2 aromatic carbocycles. The van der Waals surface area contributed by atoms with Gasteiger partial charge in [0.05, 0.1) is 6.10 Å². The molecule has 1 aliphatic heterocycles. The summed E-state index contributed by atoms with van der Waals surface area (Å²) >= 11 is 0. The molecule has 30 heavy (non-hydrogen) atoms. The molecule has 0 bridgehead atoms. The Morgan fingerprint density at radius 1 is 1.10 bits per heavy atom. The van der Waals surface area contributed by atoms with Crippen molar-refractivity contribution in [2.75, 3.05) is 26.4 Å². The molecule has 2 atom stereocenters. The molecule has 1 N–H and O–H groups in total. The van der Waals surface area contributed by atoms with Crippen LogP contribution < -0.4 is 4.74 Å². The first kappa shape index (κ1) is 20.9. The number of rotatable bonds is 6. The fourth-order valence-electron chi connectivity index (χ4n) is 4.74. The minimum atomic E-state index is -0.536. The van der Waals surface area contributed by atoms with E-state index >= 15 is 0 Å². The van der Waals surface area contributed by atoms with E-state index in [-0.39, 0.29) is 30.2 Å². The van der Waals surface area contributed by atoms with Crippen molar-refractivity contribution in [2.24, 2.45) is 5.92 Å². The van der Waals surface area contributed by atoms with Gasteiger partial charge in [0.25, 0.3) is 0 Å². The Morgan fingerprint density at radius 3 is 2.53 bits per heavy atom. The lowest BCUT2D eigenvalue weighted by Gasteiger charge is -2.42. The van der Waals surface area contributed by atoms with Gasteiger partial charge >= 0.3 is 0 Å². The number of Topliss-reactive ketones (excluding diaryl/α,β-unsaturated/α-hetero) is 1. The summed E-state index contributed by atoms with van der Waals surface area (Å²) in [6.45, 7) is 0.941. The average molecular weight is 414 g/mol. The monoisotopic (exact) mass is 414 g/mol. The SMILES string of the molecule is O=C(c1ccc(F)cc1)C1CCN([C@@H]2Cc3c(cccc3OCC[18F])C[C@H]2O)CC1. The molecule has 1 saturated heterocycles. The molecule has 6 heteroatoms. The number of halogens is 2. The summed E-state index contributed by atoms with van der Waals surface area (Å²) in [5, 5.41) is 10.8. The Balaban J connectivity index is 1.41. The van der Waals surface area contributed by atoms with Crippen molar-refractivity contribution in [3.05, 3.63) is 65.0 Å². The van der Waals surface area contributed by atoms with Gasteiger partial charge in [-0.15, -0.1) is 0 Å². The summed E-state index contributed by atoms with van der Waals surface area (Å²) in [6, 6.07) is 11.4. The summed E-state index contributed by atoms with van der Waals surface area (Å²) in [5.41, 5.74) is 2.65. The lowest BCUT2D eigenvalue weighted by Crippen LogP contribution is -2.51. The van der Waals surface area contributed by atoms with Crippen LogP contribution in [0.25, 0.3) is 0 Å². The van der Waals surface area contributed by atoms with E-state index in [0.717, 1.165) is 24.2 Å². The number of alkyl halides is 1. The number of benzene rings is 2. The van der Waals surface area contributed by atoms with Crippen molar-refractivity contribution in [1.29, 1.82) is 0 Å². The van der Waals surface area contributed by atoms with Crippen LogP contribution in [0, 0.1) is 11.7 Å². The number of fused-ring (bicyclic) bond motifs is 1. The van der Waals surface area contributed by atoms with Gasteiger partial charge in [-0.25, -0.2) is 8.78 Å². The van der Waals surface area contributed by atoms with Crippen LogP contribution in [0.15, 0.2) is 42.5 Å². The van der Waals surface area contributed by atoms with Crippen molar-refractivity contribution >= 4 is 5.78 Å². The molecule has 0 amide bonds. The van der Waals surface area contributed by atoms with Crippen LogP contribution >= 0.6 is 0 Å². The molecule has 4 nitrogen and oxygen atoms in total. The molecule has 0 aromatic heterocycles. The predicted octanol–water partition coefficient (Wildman–Crippen LogP) is 3.60. The van der Waals surface area contributed by atoms with Crippen LogP contribution in [0.4, 0.5) is 8.78 Å². The second-order valence-corrected chi connectivity index (χ2v) is 8.16. The van der Waals surface area contributed by atoms with Crippen molar-refractivity contribution in [3.63, 3.8) is 0 Å². The predicted molar refractivity (Wildman–Crippen MR) is 110 cm³/mol. The van der Waals surface area contributed by atoms with E-state index in [4.69, 9.17) is 4.74 Å². The highest BCUT2D eigenvalue weighted by atomic mass is 19.1. The van der Waals surface area contributed by atoms with Gasteiger partial charge in [-0.3, -0.25) is 9.69 Å². The third-order valence-electron chi connectivity index (χ3n) is 6.35. The first-order valence-electron chi connectivity index (χ1n) is 10.6. The number of carbonyl (C=O) groups excluding carboxylic acids is 1. The first-order chi connectivity index (χ1) is 14.6. The van der Waals surface area contributed by atoms with Gasteiger partial charge in [-0.05, 0) is 73.8 Å². The Morgan fingerprint density at radius 2 is 1.83 bits per heavy atom. The van der Waals surface area contributed by atoms with E-state index in [0.29, 0.717) is 37.0 Å². The smallest absolute Gasteiger partial charge is 0.166 e. The highest BCUT2D eigenvalue weighted by Crippen LogP contribution is 2.34. The third kappa shape index (κ3) is 4.40. The van der Waals surface area contributed by atoms with Gasteiger partial charge < -0.3 is 9.84 Å². The number of aliphatic hydroxyl groups is 1. The molecule has 0 saturated carbocycles. The minimum absolute atomic E-state index is 0.0283. The molecule has 4 rings (SSSR count). The summed E-state index contributed by atoms with van der Waals surface area (Å²) in [7, 11) is 0. The third-order valence-corrected chi connectivity index (χ3v) is 6.35. The second-order valence-electron chi connectivity index (χ2n) is 8.16. The van der Waals surface area contributed by atoms with Crippen molar-refractivity contribution in [1.82, 2.24) is 4.90 Å². The first-order valence-corrected chi connectivity index (χ1v) is 10.6. The summed E-state index contributed by atoms with van der Waals surface area (Å²) in [4.78, 5) is 15.0. The second kappa shape index (κ2) is 9.23. The van der Waals surface area contributed by atoms with Crippen LogP contribution in [0.2, 0.25) is 0 Å². The van der Waals surface area contributed by atoms with E-state index in [1.165, 1.54) is 12.1 Å². The standard InChI is InChI=1S/C24H27F2NO3/c25-10-13-30-23-3-1-2-18-14-22(28)21(15-20(18)23)27-11-8-17(9-12-27)24(29)16-4-6-19(26)7-5-16/h1-7,17,21-22,28H,8-15H2/t21-,22-/m1/s1/i25-1. The Kier molecular flexibility index (Phi) is 6.44.